The molecule has 1 atom stereocenters. The van der Waals surface area contributed by atoms with Crippen molar-refractivity contribution in [3.8, 4) is 5.75 Å². The van der Waals surface area contributed by atoms with Crippen molar-refractivity contribution in [3.05, 3.63) is 24.3 Å². The highest BCUT2D eigenvalue weighted by Gasteiger charge is 2.12. The van der Waals surface area contributed by atoms with Gasteiger partial charge in [0, 0.05) is 31.3 Å². The van der Waals surface area contributed by atoms with Crippen molar-refractivity contribution in [3.63, 3.8) is 0 Å². The Hall–Kier alpha value is -2.08. The van der Waals surface area contributed by atoms with E-state index in [-0.39, 0.29) is 24.3 Å². The van der Waals surface area contributed by atoms with Gasteiger partial charge in [-0.2, -0.15) is 0 Å². The number of carbonyl (C=O) groups excluding carboxylic acids is 2. The molecule has 116 valence electrons. The van der Waals surface area contributed by atoms with Crippen molar-refractivity contribution in [2.24, 2.45) is 5.92 Å². The van der Waals surface area contributed by atoms with E-state index in [4.69, 9.17) is 4.74 Å². The van der Waals surface area contributed by atoms with Gasteiger partial charge in [-0.15, -0.1) is 0 Å². The van der Waals surface area contributed by atoms with E-state index in [2.05, 4.69) is 16.0 Å². The highest BCUT2D eigenvalue weighted by atomic mass is 16.5. The van der Waals surface area contributed by atoms with E-state index in [1.807, 2.05) is 13.8 Å². The quantitative estimate of drug-likeness (QED) is 0.668. The number of rotatable bonds is 8. The normalized spacial score (nSPS) is 11.6. The van der Waals surface area contributed by atoms with Crippen LogP contribution in [0.1, 0.15) is 13.8 Å². The monoisotopic (exact) mass is 293 g/mol. The van der Waals surface area contributed by atoms with Crippen molar-refractivity contribution >= 4 is 17.5 Å². The van der Waals surface area contributed by atoms with Crippen LogP contribution in [0.3, 0.4) is 0 Å². The largest absolute Gasteiger partial charge is 0.484 e. The second-order valence-corrected chi connectivity index (χ2v) is 4.69. The number of amides is 2. The van der Waals surface area contributed by atoms with Gasteiger partial charge in [0.1, 0.15) is 5.75 Å². The van der Waals surface area contributed by atoms with Crippen LogP contribution in [0.5, 0.6) is 5.75 Å². The molecular formula is C15H23N3O3. The lowest BCUT2D eigenvalue weighted by atomic mass is 10.1. The molecule has 1 aromatic rings. The number of ether oxygens (including phenoxy) is 1. The molecule has 21 heavy (non-hydrogen) atoms. The lowest BCUT2D eigenvalue weighted by molar-refractivity contribution is -0.122. The van der Waals surface area contributed by atoms with Gasteiger partial charge in [0.15, 0.2) is 6.61 Å². The van der Waals surface area contributed by atoms with E-state index >= 15 is 0 Å². The number of carbonyl (C=O) groups is 2. The van der Waals surface area contributed by atoms with Crippen molar-refractivity contribution in [1.29, 1.82) is 0 Å². The van der Waals surface area contributed by atoms with Crippen LogP contribution in [0.25, 0.3) is 0 Å². The smallest absolute Gasteiger partial charge is 0.257 e. The second kappa shape index (κ2) is 8.97. The Morgan fingerprint density at radius 1 is 1.33 bits per heavy atom. The van der Waals surface area contributed by atoms with Gasteiger partial charge >= 0.3 is 0 Å². The summed E-state index contributed by atoms with van der Waals surface area (Å²) in [5.41, 5.74) is 0.651. The highest BCUT2D eigenvalue weighted by Crippen LogP contribution is 2.17. The first-order valence-corrected chi connectivity index (χ1v) is 7.01. The highest BCUT2D eigenvalue weighted by molar-refractivity contribution is 5.92. The van der Waals surface area contributed by atoms with E-state index in [1.165, 1.54) is 0 Å². The van der Waals surface area contributed by atoms with E-state index in [1.54, 1.807) is 31.3 Å². The summed E-state index contributed by atoms with van der Waals surface area (Å²) >= 11 is 0. The third-order valence-electron chi connectivity index (χ3n) is 2.90. The minimum atomic E-state index is -0.205. The molecule has 6 heteroatoms. The fraction of sp³-hybridized carbons (Fsp3) is 0.467. The minimum absolute atomic E-state index is 0.0509. The van der Waals surface area contributed by atoms with Crippen LogP contribution in [0.4, 0.5) is 5.69 Å². The third kappa shape index (κ3) is 6.27. The molecule has 0 saturated carbocycles. The summed E-state index contributed by atoms with van der Waals surface area (Å²) in [6.45, 7) is 5.28. The Morgan fingerprint density at radius 2 is 2.10 bits per heavy atom. The van der Waals surface area contributed by atoms with Gasteiger partial charge in [-0.3, -0.25) is 9.59 Å². The van der Waals surface area contributed by atoms with E-state index < -0.39 is 0 Å². The van der Waals surface area contributed by atoms with Gasteiger partial charge in [0.05, 0.1) is 0 Å². The molecule has 6 nitrogen and oxygen atoms in total. The predicted octanol–water partition coefficient (Wildman–Crippen LogP) is 0.995. The Balaban J connectivity index is 2.55. The number of hydrogen-bond donors (Lipinski definition) is 3. The topological polar surface area (TPSA) is 79.5 Å². The van der Waals surface area contributed by atoms with Crippen LogP contribution in [0, 0.1) is 5.92 Å². The first-order chi connectivity index (χ1) is 10.1. The van der Waals surface area contributed by atoms with Crippen LogP contribution in [-0.4, -0.2) is 38.6 Å². The maximum Gasteiger partial charge on any atom is 0.257 e. The molecule has 0 aromatic heterocycles. The van der Waals surface area contributed by atoms with Crippen LogP contribution in [0.2, 0.25) is 0 Å². The van der Waals surface area contributed by atoms with E-state index in [9.17, 15) is 9.59 Å². The minimum Gasteiger partial charge on any atom is -0.484 e. The molecule has 0 heterocycles. The second-order valence-electron chi connectivity index (χ2n) is 4.69. The fourth-order valence-corrected chi connectivity index (χ4v) is 1.60. The van der Waals surface area contributed by atoms with Crippen LogP contribution in [-0.2, 0) is 9.59 Å². The number of hydrogen-bond acceptors (Lipinski definition) is 4. The summed E-state index contributed by atoms with van der Waals surface area (Å²) in [4.78, 5) is 23.1. The van der Waals surface area contributed by atoms with Gasteiger partial charge < -0.3 is 20.7 Å². The summed E-state index contributed by atoms with van der Waals surface area (Å²) in [6, 6.07) is 6.98. The molecular weight excluding hydrogens is 270 g/mol. The Kier molecular flexibility index (Phi) is 7.25. The predicted molar refractivity (Wildman–Crippen MR) is 82.3 cm³/mol. The van der Waals surface area contributed by atoms with E-state index in [0.717, 1.165) is 6.54 Å². The molecule has 2 amide bonds. The zero-order valence-corrected chi connectivity index (χ0v) is 12.7. The average Bonchev–Trinajstić information content (AvgIpc) is 2.50. The van der Waals surface area contributed by atoms with Crippen LogP contribution >= 0.6 is 0 Å². The summed E-state index contributed by atoms with van der Waals surface area (Å²) in [5.74, 6) is 0.152. The van der Waals surface area contributed by atoms with Crippen molar-refractivity contribution < 1.29 is 14.3 Å². The summed E-state index contributed by atoms with van der Waals surface area (Å²) in [5, 5.41) is 8.44. The first-order valence-electron chi connectivity index (χ1n) is 7.01. The van der Waals surface area contributed by atoms with Crippen molar-refractivity contribution in [2.45, 2.75) is 13.8 Å². The molecule has 0 radical (unpaired) electrons. The molecule has 1 rings (SSSR count). The molecule has 1 unspecified atom stereocenters. The zero-order chi connectivity index (χ0) is 15.7. The third-order valence-corrected chi connectivity index (χ3v) is 2.90. The maximum atomic E-state index is 12.0. The molecule has 0 spiro atoms. The van der Waals surface area contributed by atoms with Gasteiger partial charge in [0.2, 0.25) is 5.91 Å². The van der Waals surface area contributed by atoms with Gasteiger partial charge in [-0.05, 0) is 18.7 Å². The molecule has 0 aliphatic rings. The summed E-state index contributed by atoms with van der Waals surface area (Å²) < 4.78 is 5.33. The average molecular weight is 293 g/mol. The van der Waals surface area contributed by atoms with Gasteiger partial charge in [-0.25, -0.2) is 0 Å². The van der Waals surface area contributed by atoms with Crippen molar-refractivity contribution in [2.75, 3.05) is 32.1 Å². The molecule has 0 saturated heterocycles. The molecule has 1 aromatic carbocycles. The van der Waals surface area contributed by atoms with E-state index in [0.29, 0.717) is 18.0 Å². The zero-order valence-electron chi connectivity index (χ0n) is 12.7. The lowest BCUT2D eigenvalue weighted by Crippen LogP contribution is -2.30. The Bertz CT molecular complexity index is 477. The van der Waals surface area contributed by atoms with Crippen molar-refractivity contribution in [1.82, 2.24) is 10.6 Å². The summed E-state index contributed by atoms with van der Waals surface area (Å²) in [6.07, 6.45) is 0. The summed E-state index contributed by atoms with van der Waals surface area (Å²) in [7, 11) is 1.55. The number of anilines is 1. The SMILES string of the molecule is CCNCC(C)C(=O)Nc1cccc(OCC(=O)NC)c1. The van der Waals surface area contributed by atoms with Crippen LogP contribution in [0.15, 0.2) is 24.3 Å². The number of likely N-dealkylation sites (N-methyl/N-ethyl adjacent to an activating group) is 1. The Labute approximate surface area is 125 Å². The standard InChI is InChI=1S/C15H23N3O3/c1-4-17-9-11(2)15(20)18-12-6-5-7-13(8-12)21-10-14(19)16-3/h5-8,11,17H,4,9-10H2,1-3H3,(H,16,19)(H,18,20). The first kappa shape index (κ1) is 17.0. The molecule has 3 N–H and O–H groups in total. The Morgan fingerprint density at radius 3 is 2.76 bits per heavy atom. The van der Waals surface area contributed by atoms with Gasteiger partial charge in [-0.1, -0.05) is 19.9 Å². The number of benzene rings is 1. The fourth-order valence-electron chi connectivity index (χ4n) is 1.60. The molecule has 0 fully saturated rings. The lowest BCUT2D eigenvalue weighted by Gasteiger charge is -2.13. The molecule has 0 bridgehead atoms. The molecule has 0 aliphatic carbocycles. The van der Waals surface area contributed by atoms with Crippen LogP contribution < -0.4 is 20.7 Å². The molecule has 0 aliphatic heterocycles. The number of nitrogens with one attached hydrogen (secondary N) is 3. The van der Waals surface area contributed by atoms with Gasteiger partial charge in [0.25, 0.3) is 5.91 Å². The maximum absolute atomic E-state index is 12.0.